The number of amidine groups is 1. The molecule has 1 atom stereocenters. The van der Waals surface area contributed by atoms with E-state index in [0.29, 0.717) is 48.5 Å². The van der Waals surface area contributed by atoms with Crippen LogP contribution < -0.4 is 10.2 Å². The van der Waals surface area contributed by atoms with Gasteiger partial charge in [-0.1, -0.05) is 17.7 Å². The van der Waals surface area contributed by atoms with E-state index in [2.05, 4.69) is 20.3 Å². The fourth-order valence-electron chi connectivity index (χ4n) is 4.33. The summed E-state index contributed by atoms with van der Waals surface area (Å²) >= 11 is 5.89. The summed E-state index contributed by atoms with van der Waals surface area (Å²) in [7, 11) is 0. The average Bonchev–Trinajstić information content (AvgIpc) is 3.51. The summed E-state index contributed by atoms with van der Waals surface area (Å²) in [5.74, 6) is 0.0333. The molecule has 8 nitrogen and oxygen atoms in total. The molecule has 1 aromatic heterocycles. The predicted octanol–water partition coefficient (Wildman–Crippen LogP) is 4.04. The quantitative estimate of drug-likeness (QED) is 0.535. The van der Waals surface area contributed by atoms with Gasteiger partial charge in [-0.2, -0.15) is 0 Å². The number of H-pyrrole nitrogens is 1. The van der Waals surface area contributed by atoms with Crippen molar-refractivity contribution in [2.75, 3.05) is 24.5 Å². The number of aromatic amines is 1. The number of aliphatic imine (C=N–C) groups is 1. The van der Waals surface area contributed by atoms with E-state index in [0.717, 1.165) is 18.5 Å². The van der Waals surface area contributed by atoms with Crippen molar-refractivity contribution < 1.29 is 14.0 Å². The van der Waals surface area contributed by atoms with Crippen molar-refractivity contribution in [3.8, 4) is 0 Å². The number of anilines is 1. The molecule has 33 heavy (non-hydrogen) atoms. The lowest BCUT2D eigenvalue weighted by Crippen LogP contribution is -2.29. The zero-order valence-electron chi connectivity index (χ0n) is 17.7. The summed E-state index contributed by atoms with van der Waals surface area (Å²) in [4.78, 5) is 40.1. The largest absolute Gasteiger partial charge is 0.345 e. The molecule has 1 unspecified atom stereocenters. The number of aromatic nitrogens is 2. The van der Waals surface area contributed by atoms with E-state index < -0.39 is 11.9 Å². The maximum absolute atomic E-state index is 14.3. The van der Waals surface area contributed by atoms with E-state index in [1.807, 2.05) is 11.0 Å². The molecule has 2 aliphatic heterocycles. The lowest BCUT2D eigenvalue weighted by atomic mass is 10.0. The van der Waals surface area contributed by atoms with E-state index in [1.165, 1.54) is 12.1 Å². The highest BCUT2D eigenvalue weighted by Gasteiger charge is 2.39. The molecular formula is C23H22ClFN6O2. The summed E-state index contributed by atoms with van der Waals surface area (Å²) in [6.07, 6.45) is 3.75. The third-order valence-corrected chi connectivity index (χ3v) is 6.26. The van der Waals surface area contributed by atoms with Gasteiger partial charge in [0.25, 0.3) is 0 Å². The Morgan fingerprint density at radius 2 is 2.09 bits per heavy atom. The smallest absolute Gasteiger partial charge is 0.328 e. The number of nitrogens with zero attached hydrogens (tertiary/aromatic N) is 4. The van der Waals surface area contributed by atoms with E-state index in [4.69, 9.17) is 11.6 Å². The minimum absolute atomic E-state index is 0.00861. The van der Waals surface area contributed by atoms with Gasteiger partial charge in [-0.15, -0.1) is 0 Å². The van der Waals surface area contributed by atoms with Crippen molar-refractivity contribution in [1.82, 2.24) is 20.2 Å². The molecular weight excluding hydrogens is 447 g/mol. The number of hydrogen-bond donors (Lipinski definition) is 2. The van der Waals surface area contributed by atoms with Crippen molar-refractivity contribution in [2.24, 2.45) is 4.99 Å². The minimum atomic E-state index is -0.644. The molecule has 0 saturated carbocycles. The Morgan fingerprint density at radius 3 is 2.88 bits per heavy atom. The summed E-state index contributed by atoms with van der Waals surface area (Å²) in [6, 6.07) is 8.93. The van der Waals surface area contributed by atoms with Gasteiger partial charge < -0.3 is 9.88 Å². The monoisotopic (exact) mass is 468 g/mol. The highest BCUT2D eigenvalue weighted by atomic mass is 35.5. The number of halogens is 2. The van der Waals surface area contributed by atoms with Crippen LogP contribution in [0, 0.1) is 5.82 Å². The van der Waals surface area contributed by atoms with Crippen LogP contribution in [0.5, 0.6) is 0 Å². The minimum Gasteiger partial charge on any atom is -0.345 e. The molecule has 0 radical (unpaired) electrons. The Kier molecular flexibility index (Phi) is 5.72. The molecule has 3 heterocycles. The number of fused-ring (bicyclic) bond motifs is 1. The topological polar surface area (TPSA) is 93.7 Å². The second kappa shape index (κ2) is 8.82. The molecule has 5 rings (SSSR count). The van der Waals surface area contributed by atoms with Gasteiger partial charge in [-0.05, 0) is 48.7 Å². The number of rotatable bonds is 6. The van der Waals surface area contributed by atoms with Crippen LogP contribution in [-0.2, 0) is 4.79 Å². The number of carbonyl (C=O) groups excluding carboxylic acids is 2. The van der Waals surface area contributed by atoms with Crippen LogP contribution >= 0.6 is 11.6 Å². The zero-order chi connectivity index (χ0) is 22.9. The molecule has 0 aliphatic carbocycles. The SMILES string of the molecule is O=C1CCCN1CCCN=C1NC(=O)N(c2ccc3[nH]cnc3c2)C1c1ccc(Cl)c(F)c1. The number of benzene rings is 2. The van der Waals surface area contributed by atoms with E-state index >= 15 is 0 Å². The Balaban J connectivity index is 1.45. The van der Waals surface area contributed by atoms with Gasteiger partial charge in [-0.25, -0.2) is 14.2 Å². The van der Waals surface area contributed by atoms with Crippen LogP contribution in [0.4, 0.5) is 14.9 Å². The Morgan fingerprint density at radius 1 is 1.21 bits per heavy atom. The molecule has 2 fully saturated rings. The fraction of sp³-hybridized carbons (Fsp3) is 0.304. The average molecular weight is 469 g/mol. The maximum Gasteiger partial charge on any atom is 0.328 e. The summed E-state index contributed by atoms with van der Waals surface area (Å²) < 4.78 is 14.3. The molecule has 170 valence electrons. The molecule has 0 spiro atoms. The summed E-state index contributed by atoms with van der Waals surface area (Å²) in [5.41, 5.74) is 2.71. The third-order valence-electron chi connectivity index (χ3n) is 5.95. The van der Waals surface area contributed by atoms with Gasteiger partial charge in [0.1, 0.15) is 17.7 Å². The van der Waals surface area contributed by atoms with Crippen molar-refractivity contribution >= 4 is 46.1 Å². The van der Waals surface area contributed by atoms with Crippen LogP contribution in [0.1, 0.15) is 30.9 Å². The van der Waals surface area contributed by atoms with Crippen LogP contribution in [0.2, 0.25) is 5.02 Å². The summed E-state index contributed by atoms with van der Waals surface area (Å²) in [5, 5.41) is 2.85. The molecule has 2 N–H and O–H groups in total. The fourth-order valence-corrected chi connectivity index (χ4v) is 4.45. The van der Waals surface area contributed by atoms with Crippen molar-refractivity contribution in [1.29, 1.82) is 0 Å². The predicted molar refractivity (Wildman–Crippen MR) is 124 cm³/mol. The lowest BCUT2D eigenvalue weighted by molar-refractivity contribution is -0.127. The van der Waals surface area contributed by atoms with Gasteiger partial charge in [0.15, 0.2) is 0 Å². The van der Waals surface area contributed by atoms with Gasteiger partial charge in [0.2, 0.25) is 5.91 Å². The first-order valence-electron chi connectivity index (χ1n) is 10.8. The Hall–Kier alpha value is -3.46. The molecule has 3 amide bonds. The third kappa shape index (κ3) is 4.16. The highest BCUT2D eigenvalue weighted by Crippen LogP contribution is 2.34. The van der Waals surface area contributed by atoms with Crippen molar-refractivity contribution in [3.05, 3.63) is 59.1 Å². The van der Waals surface area contributed by atoms with Crippen LogP contribution in [-0.4, -0.2) is 52.3 Å². The van der Waals surface area contributed by atoms with Gasteiger partial charge in [0.05, 0.1) is 22.4 Å². The molecule has 0 bridgehead atoms. The first-order valence-corrected chi connectivity index (χ1v) is 11.2. The number of likely N-dealkylation sites (tertiary alicyclic amines) is 1. The first-order chi connectivity index (χ1) is 16.0. The number of hydrogen-bond acceptors (Lipinski definition) is 4. The zero-order valence-corrected chi connectivity index (χ0v) is 18.5. The number of imidazole rings is 1. The number of amides is 3. The Bertz CT molecular complexity index is 1260. The van der Waals surface area contributed by atoms with E-state index in [-0.39, 0.29) is 17.0 Å². The number of carbonyl (C=O) groups is 2. The van der Waals surface area contributed by atoms with Gasteiger partial charge in [0, 0.05) is 31.7 Å². The summed E-state index contributed by atoms with van der Waals surface area (Å²) in [6.45, 7) is 1.84. The lowest BCUT2D eigenvalue weighted by Gasteiger charge is -2.23. The van der Waals surface area contributed by atoms with E-state index in [1.54, 1.807) is 29.4 Å². The Labute approximate surface area is 194 Å². The first kappa shape index (κ1) is 21.4. The second-order valence-electron chi connectivity index (χ2n) is 8.09. The maximum atomic E-state index is 14.3. The standard InChI is InChI=1S/C23H22ClFN6O2/c24-16-6-4-14(11-17(16)25)21-22(26-8-2-10-30-9-1-3-20(30)32)29-23(33)31(21)15-5-7-18-19(12-15)28-13-27-18/h4-7,11-13,21H,1-3,8-10H2,(H,27,28)(H,26,29,33). The van der Waals surface area contributed by atoms with Crippen LogP contribution in [0.15, 0.2) is 47.7 Å². The second-order valence-corrected chi connectivity index (χ2v) is 8.49. The molecule has 2 saturated heterocycles. The highest BCUT2D eigenvalue weighted by molar-refractivity contribution is 6.30. The molecule has 2 aliphatic rings. The van der Waals surface area contributed by atoms with Crippen LogP contribution in [0.3, 0.4) is 0 Å². The van der Waals surface area contributed by atoms with Gasteiger partial charge >= 0.3 is 6.03 Å². The number of urea groups is 1. The molecule has 3 aromatic rings. The van der Waals surface area contributed by atoms with Gasteiger partial charge in [-0.3, -0.25) is 20.0 Å². The van der Waals surface area contributed by atoms with Crippen molar-refractivity contribution in [3.63, 3.8) is 0 Å². The number of nitrogens with one attached hydrogen (secondary N) is 2. The van der Waals surface area contributed by atoms with E-state index in [9.17, 15) is 14.0 Å². The van der Waals surface area contributed by atoms with Crippen molar-refractivity contribution in [2.45, 2.75) is 25.3 Å². The normalized spacial score (nSPS) is 19.8. The molecule has 10 heteroatoms. The van der Waals surface area contributed by atoms with Crippen LogP contribution in [0.25, 0.3) is 11.0 Å². The molecule has 2 aromatic carbocycles.